The Morgan fingerprint density at radius 1 is 1.06 bits per heavy atom. The third kappa shape index (κ3) is 3.30. The molecule has 3 aromatic rings. The van der Waals surface area contributed by atoms with E-state index in [1.165, 1.54) is 11.2 Å². The topological polar surface area (TPSA) is 95.8 Å². The molecule has 0 saturated carbocycles. The van der Waals surface area contributed by atoms with Crippen molar-refractivity contribution in [2.45, 2.75) is 56.6 Å². The third-order valence-corrected chi connectivity index (χ3v) is 9.29. The first kappa shape index (κ1) is 22.2. The molecule has 1 fully saturated rings. The number of para-hydroxylation sites is 2. The molecule has 182 valence electrons. The van der Waals surface area contributed by atoms with Crippen LogP contribution in [0.1, 0.15) is 32.3 Å². The smallest absolute Gasteiger partial charge is 0.247 e. The molecule has 0 bridgehead atoms. The van der Waals surface area contributed by atoms with Crippen molar-refractivity contribution in [1.29, 1.82) is 0 Å². The van der Waals surface area contributed by atoms with E-state index in [4.69, 9.17) is 0 Å². The summed E-state index contributed by atoms with van der Waals surface area (Å²) >= 11 is 0. The number of aromatic nitrogens is 2. The van der Waals surface area contributed by atoms with Gasteiger partial charge >= 0.3 is 0 Å². The molecule has 0 unspecified atom stereocenters. The van der Waals surface area contributed by atoms with E-state index >= 15 is 0 Å². The van der Waals surface area contributed by atoms with Crippen LogP contribution in [0.5, 0.6) is 0 Å². The second-order valence-corrected chi connectivity index (χ2v) is 11.4. The van der Waals surface area contributed by atoms with Gasteiger partial charge in [-0.15, -0.1) is 0 Å². The van der Waals surface area contributed by atoms with Crippen LogP contribution >= 0.6 is 0 Å². The minimum Gasteiger partial charge on any atom is -0.309 e. The van der Waals surface area contributed by atoms with E-state index in [0.29, 0.717) is 44.8 Å². The summed E-state index contributed by atoms with van der Waals surface area (Å²) in [5, 5.41) is 0. The summed E-state index contributed by atoms with van der Waals surface area (Å²) in [6.45, 7) is 4.89. The van der Waals surface area contributed by atoms with E-state index in [1.807, 2.05) is 35.8 Å². The lowest BCUT2D eigenvalue weighted by Gasteiger charge is -2.26. The summed E-state index contributed by atoms with van der Waals surface area (Å²) in [4.78, 5) is 33.8. The van der Waals surface area contributed by atoms with Gasteiger partial charge in [0.05, 0.1) is 15.9 Å². The van der Waals surface area contributed by atoms with Gasteiger partial charge < -0.3 is 9.47 Å². The minimum absolute atomic E-state index is 0.0176. The van der Waals surface area contributed by atoms with E-state index in [0.717, 1.165) is 22.3 Å². The number of benzene rings is 2. The first-order chi connectivity index (χ1) is 16.8. The molecule has 3 aliphatic rings. The average molecular weight is 494 g/mol. The highest BCUT2D eigenvalue weighted by Gasteiger charge is 2.44. The van der Waals surface area contributed by atoms with Crippen LogP contribution in [-0.4, -0.2) is 59.3 Å². The Hall–Kier alpha value is -3.24. The van der Waals surface area contributed by atoms with E-state index in [9.17, 15) is 18.0 Å². The Morgan fingerprint density at radius 2 is 1.86 bits per heavy atom. The molecular weight excluding hydrogens is 466 g/mol. The van der Waals surface area contributed by atoms with Crippen molar-refractivity contribution in [2.24, 2.45) is 0 Å². The molecule has 2 atom stereocenters. The number of hydrogen-bond acceptors (Lipinski definition) is 5. The molecule has 4 heterocycles. The van der Waals surface area contributed by atoms with Crippen LogP contribution in [0.15, 0.2) is 47.4 Å². The first-order valence-corrected chi connectivity index (χ1v) is 13.4. The number of imidazole rings is 1. The van der Waals surface area contributed by atoms with Crippen LogP contribution in [0.25, 0.3) is 11.0 Å². The Labute approximate surface area is 204 Å². The highest BCUT2D eigenvalue weighted by molar-refractivity contribution is 7.89. The number of sulfonamides is 1. The first-order valence-electron chi connectivity index (χ1n) is 12.0. The molecule has 0 N–H and O–H groups in total. The Kier molecular flexibility index (Phi) is 5.01. The van der Waals surface area contributed by atoms with Gasteiger partial charge in [0, 0.05) is 38.3 Å². The predicted molar refractivity (Wildman–Crippen MR) is 132 cm³/mol. The third-order valence-electron chi connectivity index (χ3n) is 7.39. The van der Waals surface area contributed by atoms with E-state index < -0.39 is 16.1 Å². The summed E-state index contributed by atoms with van der Waals surface area (Å²) in [5.41, 5.74) is 3.39. The fourth-order valence-corrected chi connectivity index (χ4v) is 7.54. The van der Waals surface area contributed by atoms with Crippen molar-refractivity contribution in [3.05, 3.63) is 48.0 Å². The van der Waals surface area contributed by atoms with Crippen LogP contribution < -0.4 is 9.80 Å². The van der Waals surface area contributed by atoms with Gasteiger partial charge in [-0.3, -0.25) is 14.5 Å². The molecule has 0 spiro atoms. The number of amides is 2. The van der Waals surface area contributed by atoms with Crippen molar-refractivity contribution in [2.75, 3.05) is 22.9 Å². The SMILES string of the molecule is CC(=O)N1c2ccc(S(=O)(=O)N3CCC[C@@H]3C(=O)N3CCn4c3nc3ccccc34)cc2C[C@H]1C. The summed E-state index contributed by atoms with van der Waals surface area (Å²) < 4.78 is 30.8. The molecule has 0 aliphatic carbocycles. The average Bonchev–Trinajstić information content (AvgIpc) is 3.59. The number of fused-ring (bicyclic) bond motifs is 4. The largest absolute Gasteiger partial charge is 0.309 e. The second kappa shape index (κ2) is 7.89. The lowest BCUT2D eigenvalue weighted by atomic mass is 10.1. The summed E-state index contributed by atoms with van der Waals surface area (Å²) in [6, 6.07) is 11.9. The van der Waals surface area contributed by atoms with Gasteiger partial charge in [-0.05, 0) is 62.1 Å². The van der Waals surface area contributed by atoms with Crippen LogP contribution in [0.3, 0.4) is 0 Å². The summed E-state index contributed by atoms with van der Waals surface area (Å²) in [6.07, 6.45) is 1.71. The maximum Gasteiger partial charge on any atom is 0.247 e. The maximum atomic E-state index is 13.7. The number of nitrogens with zero attached hydrogens (tertiary/aromatic N) is 5. The van der Waals surface area contributed by atoms with E-state index in [2.05, 4.69) is 4.98 Å². The maximum absolute atomic E-state index is 13.7. The normalized spacial score (nSPS) is 22.1. The standard InChI is InChI=1S/C25H27N5O4S/c1-16-14-18-15-19(9-10-21(18)30(16)17(2)31)35(33,34)29-11-5-8-23(29)24(32)28-13-12-27-22-7-4-3-6-20(22)26-25(27)28/h3-4,6-7,9-10,15-16,23H,5,8,11-14H2,1-2H3/t16-,23-/m1/s1. The van der Waals surface area contributed by atoms with Crippen molar-refractivity contribution in [3.63, 3.8) is 0 Å². The van der Waals surface area contributed by atoms with Crippen LogP contribution in [0.2, 0.25) is 0 Å². The molecule has 1 saturated heterocycles. The molecule has 6 rings (SSSR count). The molecule has 3 aliphatic heterocycles. The lowest BCUT2D eigenvalue weighted by molar-refractivity contribution is -0.121. The summed E-state index contributed by atoms with van der Waals surface area (Å²) in [5.74, 6) is 0.294. The quantitative estimate of drug-likeness (QED) is 0.559. The van der Waals surface area contributed by atoms with Gasteiger partial charge in [-0.1, -0.05) is 12.1 Å². The molecule has 10 heteroatoms. The number of anilines is 2. The molecular formula is C25H27N5O4S. The second-order valence-electron chi connectivity index (χ2n) is 9.55. The van der Waals surface area contributed by atoms with Gasteiger partial charge in [0.2, 0.25) is 27.8 Å². The molecule has 0 radical (unpaired) electrons. The fourth-order valence-electron chi connectivity index (χ4n) is 5.84. The number of rotatable bonds is 3. The monoisotopic (exact) mass is 493 g/mol. The van der Waals surface area contributed by atoms with Gasteiger partial charge in [0.1, 0.15) is 6.04 Å². The van der Waals surface area contributed by atoms with Crippen LogP contribution in [0.4, 0.5) is 11.6 Å². The van der Waals surface area contributed by atoms with E-state index in [1.54, 1.807) is 28.0 Å². The Morgan fingerprint density at radius 3 is 2.66 bits per heavy atom. The van der Waals surface area contributed by atoms with Crippen molar-refractivity contribution in [1.82, 2.24) is 13.9 Å². The molecule has 2 aromatic carbocycles. The fraction of sp³-hybridized carbons (Fsp3) is 0.400. The molecule has 2 amide bonds. The van der Waals surface area contributed by atoms with E-state index in [-0.39, 0.29) is 22.8 Å². The zero-order chi connectivity index (χ0) is 24.5. The zero-order valence-electron chi connectivity index (χ0n) is 19.7. The number of hydrogen-bond donors (Lipinski definition) is 0. The van der Waals surface area contributed by atoms with Crippen LogP contribution in [0, 0.1) is 0 Å². The molecule has 1 aromatic heterocycles. The zero-order valence-corrected chi connectivity index (χ0v) is 20.5. The van der Waals surface area contributed by atoms with Gasteiger partial charge in [0.25, 0.3) is 0 Å². The predicted octanol–water partition coefficient (Wildman–Crippen LogP) is 2.53. The highest BCUT2D eigenvalue weighted by atomic mass is 32.2. The Balaban J connectivity index is 1.30. The Bertz CT molecular complexity index is 1480. The van der Waals surface area contributed by atoms with Crippen molar-refractivity contribution >= 4 is 44.5 Å². The van der Waals surface area contributed by atoms with Crippen molar-refractivity contribution in [3.8, 4) is 0 Å². The van der Waals surface area contributed by atoms with Gasteiger partial charge in [-0.2, -0.15) is 4.31 Å². The highest BCUT2D eigenvalue weighted by Crippen LogP contribution is 2.36. The van der Waals surface area contributed by atoms with Crippen LogP contribution in [-0.2, 0) is 32.6 Å². The summed E-state index contributed by atoms with van der Waals surface area (Å²) in [7, 11) is -3.89. The number of carbonyl (C=O) groups excluding carboxylic acids is 2. The lowest BCUT2D eigenvalue weighted by Crippen LogP contribution is -2.47. The molecule has 35 heavy (non-hydrogen) atoms. The minimum atomic E-state index is -3.89. The van der Waals surface area contributed by atoms with Gasteiger partial charge in [0.15, 0.2) is 0 Å². The van der Waals surface area contributed by atoms with Crippen molar-refractivity contribution < 1.29 is 18.0 Å². The number of carbonyl (C=O) groups is 2. The molecule has 9 nitrogen and oxygen atoms in total. The van der Waals surface area contributed by atoms with Gasteiger partial charge in [-0.25, -0.2) is 13.4 Å².